The first-order valence-electron chi connectivity index (χ1n) is 10.1. The van der Waals surface area contributed by atoms with Gasteiger partial charge in [-0.25, -0.2) is 0 Å². The molecule has 0 radical (unpaired) electrons. The van der Waals surface area contributed by atoms with Crippen LogP contribution >= 0.6 is 0 Å². The molecule has 0 bridgehead atoms. The van der Waals surface area contributed by atoms with Crippen molar-refractivity contribution < 1.29 is 0 Å². The molecule has 3 aliphatic heterocycles. The van der Waals surface area contributed by atoms with Crippen LogP contribution in [0.1, 0.15) is 39.5 Å². The fourth-order valence-corrected chi connectivity index (χ4v) is 3.47. The van der Waals surface area contributed by atoms with Crippen LogP contribution < -0.4 is 0 Å². The highest BCUT2D eigenvalue weighted by Crippen LogP contribution is 2.13. The van der Waals surface area contributed by atoms with Gasteiger partial charge >= 0.3 is 0 Å². The lowest BCUT2D eigenvalue weighted by Crippen LogP contribution is -2.42. The van der Waals surface area contributed by atoms with E-state index in [1.54, 1.807) is 0 Å². The summed E-state index contributed by atoms with van der Waals surface area (Å²) in [6.45, 7) is 14.8. The van der Waals surface area contributed by atoms with Crippen LogP contribution in [0.2, 0.25) is 0 Å². The Kier molecular flexibility index (Phi) is 11.2. The number of likely N-dealkylation sites (tertiary alicyclic amines) is 2. The molecule has 0 aromatic heterocycles. The quantitative estimate of drug-likeness (QED) is 0.672. The molecule has 3 rings (SSSR count). The number of rotatable bonds is 0. The van der Waals surface area contributed by atoms with Gasteiger partial charge in [0.2, 0.25) is 0 Å². The third-order valence-corrected chi connectivity index (χ3v) is 5.59. The first kappa shape index (κ1) is 21.9. The minimum atomic E-state index is 0.939. The first-order valence-corrected chi connectivity index (χ1v) is 10.1. The van der Waals surface area contributed by atoms with Crippen LogP contribution in [0.5, 0.6) is 0 Å². The molecule has 4 heteroatoms. The van der Waals surface area contributed by atoms with E-state index in [-0.39, 0.29) is 0 Å². The van der Waals surface area contributed by atoms with Gasteiger partial charge in [0.15, 0.2) is 0 Å². The summed E-state index contributed by atoms with van der Waals surface area (Å²) in [7, 11) is 8.75. The van der Waals surface area contributed by atoms with E-state index in [1.165, 1.54) is 78.0 Å². The molecule has 0 aromatic carbocycles. The number of hydrogen-bond donors (Lipinski definition) is 0. The van der Waals surface area contributed by atoms with Gasteiger partial charge in [0.05, 0.1) is 0 Å². The molecule has 4 nitrogen and oxygen atoms in total. The average Bonchev–Trinajstić information content (AvgIpc) is 2.54. The van der Waals surface area contributed by atoms with E-state index < -0.39 is 0 Å². The lowest BCUT2D eigenvalue weighted by Gasteiger charge is -2.28. The van der Waals surface area contributed by atoms with E-state index >= 15 is 0 Å². The van der Waals surface area contributed by atoms with Crippen LogP contribution in [-0.4, -0.2) is 100 Å². The topological polar surface area (TPSA) is 13.0 Å². The summed E-state index contributed by atoms with van der Waals surface area (Å²) in [6, 6.07) is 0. The summed E-state index contributed by atoms with van der Waals surface area (Å²) in [5.74, 6) is 1.92. The maximum atomic E-state index is 2.41. The van der Waals surface area contributed by atoms with Crippen LogP contribution in [0, 0.1) is 11.8 Å². The van der Waals surface area contributed by atoms with Crippen molar-refractivity contribution in [1.29, 1.82) is 0 Å². The molecule has 1 unspecified atom stereocenters. The molecule has 0 aromatic rings. The smallest absolute Gasteiger partial charge is 0.0107 e. The molecule has 3 fully saturated rings. The summed E-state index contributed by atoms with van der Waals surface area (Å²) >= 11 is 0. The zero-order valence-electron chi connectivity index (χ0n) is 17.4. The van der Waals surface area contributed by atoms with Crippen molar-refractivity contribution in [3.63, 3.8) is 0 Å². The van der Waals surface area contributed by atoms with E-state index in [0.717, 1.165) is 11.8 Å². The van der Waals surface area contributed by atoms with E-state index in [0.29, 0.717) is 0 Å². The van der Waals surface area contributed by atoms with Gasteiger partial charge in [-0.1, -0.05) is 13.8 Å². The van der Waals surface area contributed by atoms with E-state index in [2.05, 4.69) is 61.6 Å². The van der Waals surface area contributed by atoms with Gasteiger partial charge in [0.1, 0.15) is 0 Å². The van der Waals surface area contributed by atoms with Crippen molar-refractivity contribution >= 4 is 0 Å². The second kappa shape index (κ2) is 12.2. The lowest BCUT2D eigenvalue weighted by atomic mass is 10.00. The summed E-state index contributed by atoms with van der Waals surface area (Å²) in [6.07, 6.45) is 5.63. The van der Waals surface area contributed by atoms with E-state index in [9.17, 15) is 0 Å². The van der Waals surface area contributed by atoms with Gasteiger partial charge in [-0.15, -0.1) is 0 Å². The van der Waals surface area contributed by atoms with Crippen LogP contribution in [0.4, 0.5) is 0 Å². The van der Waals surface area contributed by atoms with Crippen molar-refractivity contribution in [2.24, 2.45) is 11.8 Å². The molecular formula is C20H44N4. The van der Waals surface area contributed by atoms with Crippen molar-refractivity contribution in [2.75, 3.05) is 80.5 Å². The number of nitrogens with zero attached hydrogens (tertiary/aromatic N) is 4. The normalized spacial score (nSPS) is 28.5. The van der Waals surface area contributed by atoms with Gasteiger partial charge < -0.3 is 19.6 Å². The minimum Gasteiger partial charge on any atom is -0.306 e. The Morgan fingerprint density at radius 3 is 1.29 bits per heavy atom. The zero-order valence-corrected chi connectivity index (χ0v) is 17.4. The Morgan fingerprint density at radius 2 is 0.958 bits per heavy atom. The molecule has 0 saturated carbocycles. The fourth-order valence-electron chi connectivity index (χ4n) is 3.47. The van der Waals surface area contributed by atoms with Crippen LogP contribution in [0.25, 0.3) is 0 Å². The van der Waals surface area contributed by atoms with E-state index in [1.807, 2.05) is 0 Å². The second-order valence-electron chi connectivity index (χ2n) is 8.60. The van der Waals surface area contributed by atoms with Gasteiger partial charge in [-0.2, -0.15) is 0 Å². The van der Waals surface area contributed by atoms with Crippen molar-refractivity contribution in [3.8, 4) is 0 Å². The summed E-state index contributed by atoms with van der Waals surface area (Å²) in [5.41, 5.74) is 0. The van der Waals surface area contributed by atoms with Gasteiger partial charge in [-0.05, 0) is 85.3 Å². The molecule has 0 amide bonds. The Labute approximate surface area is 152 Å². The predicted octanol–water partition coefficient (Wildman–Crippen LogP) is 2.56. The average molecular weight is 341 g/mol. The second-order valence-corrected chi connectivity index (χ2v) is 8.60. The number of piperidine rings is 2. The monoisotopic (exact) mass is 340 g/mol. The maximum absolute atomic E-state index is 2.41. The molecule has 0 N–H and O–H groups in total. The summed E-state index contributed by atoms with van der Waals surface area (Å²) in [4.78, 5) is 9.54. The standard InChI is InChI=1S/2C7H15N.C6H14N2/c1-7-3-5-8(2)6-4-7;1-7-4-3-5-8(2)6-7;1-7-3-5-8(2)6-4-7/h2*7H,3-6H2,1-2H3;3-6H2,1-2H3. The third-order valence-electron chi connectivity index (χ3n) is 5.59. The molecule has 3 heterocycles. The molecule has 0 aliphatic carbocycles. The third kappa shape index (κ3) is 10.7. The largest absolute Gasteiger partial charge is 0.306 e. The van der Waals surface area contributed by atoms with Crippen LogP contribution in [-0.2, 0) is 0 Å². The van der Waals surface area contributed by atoms with Gasteiger partial charge in [-0.3, -0.25) is 0 Å². The maximum Gasteiger partial charge on any atom is 0.0107 e. The highest BCUT2D eigenvalue weighted by atomic mass is 15.2. The Hall–Kier alpha value is -0.160. The van der Waals surface area contributed by atoms with Gasteiger partial charge in [0.25, 0.3) is 0 Å². The molecule has 24 heavy (non-hydrogen) atoms. The molecule has 3 aliphatic rings. The summed E-state index contributed by atoms with van der Waals surface area (Å²) in [5, 5.41) is 0. The highest BCUT2D eigenvalue weighted by Gasteiger charge is 2.11. The highest BCUT2D eigenvalue weighted by molar-refractivity contribution is 4.66. The molecule has 0 spiro atoms. The van der Waals surface area contributed by atoms with Crippen molar-refractivity contribution in [1.82, 2.24) is 19.6 Å². The van der Waals surface area contributed by atoms with Crippen molar-refractivity contribution in [2.45, 2.75) is 39.5 Å². The van der Waals surface area contributed by atoms with Gasteiger partial charge in [0, 0.05) is 32.7 Å². The Bertz CT molecular complexity index is 246. The number of likely N-dealkylation sites (N-methyl/N-ethyl adjacent to an activating group) is 2. The van der Waals surface area contributed by atoms with Crippen LogP contribution in [0.3, 0.4) is 0 Å². The van der Waals surface area contributed by atoms with E-state index in [4.69, 9.17) is 0 Å². The van der Waals surface area contributed by atoms with Crippen LogP contribution in [0.15, 0.2) is 0 Å². The fraction of sp³-hybridized carbons (Fsp3) is 1.00. The molecule has 1 atom stereocenters. The Morgan fingerprint density at radius 1 is 0.500 bits per heavy atom. The SMILES string of the molecule is CC1CCCN(C)C1.CC1CCN(C)CC1.CN1CCN(C)CC1. The molecule has 144 valence electrons. The minimum absolute atomic E-state index is 0.939. The predicted molar refractivity (Wildman–Crippen MR) is 107 cm³/mol. The first-order chi connectivity index (χ1) is 11.4. The van der Waals surface area contributed by atoms with Crippen molar-refractivity contribution in [3.05, 3.63) is 0 Å². The zero-order chi connectivity index (χ0) is 17.9. The number of hydrogen-bond acceptors (Lipinski definition) is 4. The molecular weight excluding hydrogens is 296 g/mol. The summed E-state index contributed by atoms with van der Waals surface area (Å²) < 4.78 is 0. The number of piperazine rings is 1. The lowest BCUT2D eigenvalue weighted by molar-refractivity contribution is 0.181. The Balaban J connectivity index is 0.000000180. The molecule has 3 saturated heterocycles.